The van der Waals surface area contributed by atoms with Gasteiger partial charge >= 0.3 is 0 Å². The van der Waals surface area contributed by atoms with Crippen LogP contribution in [0.25, 0.3) is 10.8 Å². The summed E-state index contributed by atoms with van der Waals surface area (Å²) in [6.45, 7) is 1.68. The standard InChI is InChI=1S/C12H11NO/c1-8(13)12-10-5-3-2-4-9(10)6-7-11(12)14/h2-7,13-14H,1H3. The van der Waals surface area contributed by atoms with Gasteiger partial charge in [0.05, 0.1) is 0 Å². The number of hydrogen-bond donors (Lipinski definition) is 2. The van der Waals surface area contributed by atoms with Crippen molar-refractivity contribution in [3.63, 3.8) is 0 Å². The van der Waals surface area contributed by atoms with Gasteiger partial charge < -0.3 is 10.5 Å². The van der Waals surface area contributed by atoms with E-state index in [2.05, 4.69) is 0 Å². The first-order chi connectivity index (χ1) is 6.70. The maximum absolute atomic E-state index is 9.64. The average molecular weight is 185 g/mol. The summed E-state index contributed by atoms with van der Waals surface area (Å²) in [4.78, 5) is 0. The van der Waals surface area contributed by atoms with Gasteiger partial charge in [-0.15, -0.1) is 0 Å². The molecule has 0 aliphatic carbocycles. The molecule has 70 valence electrons. The molecule has 0 unspecified atom stereocenters. The lowest BCUT2D eigenvalue weighted by Crippen LogP contribution is -1.94. The molecular weight excluding hydrogens is 174 g/mol. The van der Waals surface area contributed by atoms with Crippen molar-refractivity contribution in [1.82, 2.24) is 0 Å². The molecule has 0 saturated heterocycles. The zero-order chi connectivity index (χ0) is 10.1. The van der Waals surface area contributed by atoms with E-state index < -0.39 is 0 Å². The molecule has 0 atom stereocenters. The summed E-state index contributed by atoms with van der Waals surface area (Å²) in [6.07, 6.45) is 0. The van der Waals surface area contributed by atoms with Gasteiger partial charge in [-0.05, 0) is 23.8 Å². The quantitative estimate of drug-likeness (QED) is 0.659. The molecule has 2 heteroatoms. The fourth-order valence-electron chi connectivity index (χ4n) is 1.65. The normalized spacial score (nSPS) is 10.4. The summed E-state index contributed by atoms with van der Waals surface area (Å²) in [5.74, 6) is 0.177. The summed E-state index contributed by atoms with van der Waals surface area (Å²) in [7, 11) is 0. The van der Waals surface area contributed by atoms with Gasteiger partial charge in [0.2, 0.25) is 0 Å². The van der Waals surface area contributed by atoms with Crippen LogP contribution in [0.4, 0.5) is 0 Å². The molecule has 2 aromatic rings. The largest absolute Gasteiger partial charge is 0.507 e. The van der Waals surface area contributed by atoms with Crippen molar-refractivity contribution in [3.8, 4) is 5.75 Å². The summed E-state index contributed by atoms with van der Waals surface area (Å²) in [6, 6.07) is 11.2. The first-order valence-electron chi connectivity index (χ1n) is 4.46. The molecule has 0 heterocycles. The Morgan fingerprint density at radius 3 is 2.57 bits per heavy atom. The number of nitrogens with one attached hydrogen (secondary N) is 1. The fraction of sp³-hybridized carbons (Fsp3) is 0.0833. The highest BCUT2D eigenvalue weighted by molar-refractivity contribution is 6.10. The molecule has 2 N–H and O–H groups in total. The Hall–Kier alpha value is -1.83. The van der Waals surface area contributed by atoms with Crippen LogP contribution < -0.4 is 0 Å². The second kappa shape index (κ2) is 3.14. The molecule has 0 aliphatic heterocycles. The predicted octanol–water partition coefficient (Wildman–Crippen LogP) is 2.93. The first-order valence-corrected chi connectivity index (χ1v) is 4.46. The number of phenolic OH excluding ortho intramolecular Hbond substituents is 1. The van der Waals surface area contributed by atoms with E-state index in [1.54, 1.807) is 13.0 Å². The van der Waals surface area contributed by atoms with E-state index >= 15 is 0 Å². The SMILES string of the molecule is CC(=N)c1c(O)ccc2ccccc12. The van der Waals surface area contributed by atoms with Crippen molar-refractivity contribution in [2.24, 2.45) is 0 Å². The second-order valence-corrected chi connectivity index (χ2v) is 3.31. The highest BCUT2D eigenvalue weighted by Gasteiger charge is 2.07. The third kappa shape index (κ3) is 1.25. The topological polar surface area (TPSA) is 44.1 Å². The van der Waals surface area contributed by atoms with Crippen LogP contribution in [0, 0.1) is 5.41 Å². The Bertz CT molecular complexity index is 503. The van der Waals surface area contributed by atoms with E-state index in [-0.39, 0.29) is 5.75 Å². The molecule has 2 nitrogen and oxygen atoms in total. The van der Waals surface area contributed by atoms with Crippen molar-refractivity contribution in [1.29, 1.82) is 5.41 Å². The Labute approximate surface area is 82.3 Å². The number of fused-ring (bicyclic) bond motifs is 1. The number of phenols is 1. The molecule has 0 radical (unpaired) electrons. The molecule has 0 amide bonds. The smallest absolute Gasteiger partial charge is 0.125 e. The molecule has 0 spiro atoms. The Balaban J connectivity index is 2.90. The van der Waals surface area contributed by atoms with E-state index in [9.17, 15) is 5.11 Å². The molecule has 2 aromatic carbocycles. The van der Waals surface area contributed by atoms with E-state index in [0.717, 1.165) is 10.8 Å². The maximum Gasteiger partial charge on any atom is 0.125 e. The second-order valence-electron chi connectivity index (χ2n) is 3.31. The lowest BCUT2D eigenvalue weighted by atomic mass is 10.0. The molecule has 0 aliphatic rings. The number of rotatable bonds is 1. The van der Waals surface area contributed by atoms with Crippen molar-refractivity contribution >= 4 is 16.5 Å². The number of hydrogen-bond acceptors (Lipinski definition) is 2. The van der Waals surface area contributed by atoms with Crippen LogP contribution in [0.2, 0.25) is 0 Å². The zero-order valence-electron chi connectivity index (χ0n) is 7.91. The highest BCUT2D eigenvalue weighted by atomic mass is 16.3. The van der Waals surface area contributed by atoms with Crippen LogP contribution in [-0.4, -0.2) is 10.8 Å². The predicted molar refractivity (Wildman–Crippen MR) is 58.1 cm³/mol. The number of benzene rings is 2. The van der Waals surface area contributed by atoms with Crippen LogP contribution in [0.5, 0.6) is 5.75 Å². The van der Waals surface area contributed by atoms with Gasteiger partial charge in [0, 0.05) is 11.3 Å². The van der Waals surface area contributed by atoms with Crippen LogP contribution >= 0.6 is 0 Å². The molecule has 14 heavy (non-hydrogen) atoms. The zero-order valence-corrected chi connectivity index (χ0v) is 7.91. The Morgan fingerprint density at radius 2 is 1.86 bits per heavy atom. The van der Waals surface area contributed by atoms with E-state index in [4.69, 9.17) is 5.41 Å². The summed E-state index contributed by atoms with van der Waals surface area (Å²) < 4.78 is 0. The van der Waals surface area contributed by atoms with Gasteiger partial charge in [-0.3, -0.25) is 0 Å². The summed E-state index contributed by atoms with van der Waals surface area (Å²) in [5, 5.41) is 19.2. The lowest BCUT2D eigenvalue weighted by Gasteiger charge is -2.06. The van der Waals surface area contributed by atoms with Gasteiger partial charge in [0.1, 0.15) is 5.75 Å². The molecule has 2 rings (SSSR count). The van der Waals surface area contributed by atoms with Gasteiger partial charge in [-0.1, -0.05) is 30.3 Å². The molecule has 0 saturated carbocycles. The summed E-state index contributed by atoms with van der Waals surface area (Å²) >= 11 is 0. The third-order valence-electron chi connectivity index (χ3n) is 2.28. The third-order valence-corrected chi connectivity index (χ3v) is 2.28. The fourth-order valence-corrected chi connectivity index (χ4v) is 1.65. The first kappa shape index (κ1) is 8.75. The van der Waals surface area contributed by atoms with Gasteiger partial charge in [0.15, 0.2) is 0 Å². The Kier molecular flexibility index (Phi) is 1.97. The molecule has 0 fully saturated rings. The minimum absolute atomic E-state index is 0.177. The van der Waals surface area contributed by atoms with Crippen molar-refractivity contribution in [3.05, 3.63) is 42.0 Å². The molecular formula is C12H11NO. The van der Waals surface area contributed by atoms with E-state index in [1.807, 2.05) is 30.3 Å². The monoisotopic (exact) mass is 185 g/mol. The Morgan fingerprint density at radius 1 is 1.14 bits per heavy atom. The summed E-state index contributed by atoms with van der Waals surface area (Å²) in [5.41, 5.74) is 1.02. The minimum Gasteiger partial charge on any atom is -0.507 e. The highest BCUT2D eigenvalue weighted by Crippen LogP contribution is 2.27. The lowest BCUT2D eigenvalue weighted by molar-refractivity contribution is 0.475. The van der Waals surface area contributed by atoms with Crippen LogP contribution in [-0.2, 0) is 0 Å². The van der Waals surface area contributed by atoms with Crippen LogP contribution in [0.3, 0.4) is 0 Å². The van der Waals surface area contributed by atoms with Crippen molar-refractivity contribution < 1.29 is 5.11 Å². The van der Waals surface area contributed by atoms with Gasteiger partial charge in [0.25, 0.3) is 0 Å². The number of aromatic hydroxyl groups is 1. The van der Waals surface area contributed by atoms with Gasteiger partial charge in [-0.2, -0.15) is 0 Å². The van der Waals surface area contributed by atoms with Gasteiger partial charge in [-0.25, -0.2) is 0 Å². The average Bonchev–Trinajstić information content (AvgIpc) is 2.17. The van der Waals surface area contributed by atoms with Crippen LogP contribution in [0.1, 0.15) is 12.5 Å². The van der Waals surface area contributed by atoms with Crippen LogP contribution in [0.15, 0.2) is 36.4 Å². The maximum atomic E-state index is 9.64. The molecule has 0 bridgehead atoms. The minimum atomic E-state index is 0.177. The van der Waals surface area contributed by atoms with Crippen molar-refractivity contribution in [2.75, 3.05) is 0 Å². The van der Waals surface area contributed by atoms with Crippen molar-refractivity contribution in [2.45, 2.75) is 6.92 Å². The van der Waals surface area contributed by atoms with E-state index in [1.165, 1.54) is 0 Å². The molecule has 0 aromatic heterocycles. The van der Waals surface area contributed by atoms with E-state index in [0.29, 0.717) is 11.3 Å².